The van der Waals surface area contributed by atoms with E-state index in [4.69, 9.17) is 16.3 Å². The second kappa shape index (κ2) is 6.59. The summed E-state index contributed by atoms with van der Waals surface area (Å²) in [5.74, 6) is 0.603. The fourth-order valence-corrected chi connectivity index (χ4v) is 2.50. The summed E-state index contributed by atoms with van der Waals surface area (Å²) in [4.78, 5) is 1.97. The number of halogens is 1. The predicted octanol–water partition coefficient (Wildman–Crippen LogP) is 3.73. The van der Waals surface area contributed by atoms with Crippen molar-refractivity contribution in [1.82, 2.24) is 0 Å². The Labute approximate surface area is 129 Å². The maximum Gasteiger partial charge on any atom is 0.160 e. The third kappa shape index (κ3) is 3.52. The van der Waals surface area contributed by atoms with Crippen LogP contribution in [0.3, 0.4) is 0 Å². The lowest BCUT2D eigenvalue weighted by atomic mass is 10.2. The molecular weight excluding hydrogens is 288 g/mol. The third-order valence-electron chi connectivity index (χ3n) is 3.16. The molecule has 0 bridgehead atoms. The van der Waals surface area contributed by atoms with Gasteiger partial charge in [0.1, 0.15) is 0 Å². The molecule has 0 fully saturated rings. The Hall–Kier alpha value is -2.07. The number of para-hydroxylation sites is 1. The molecule has 0 spiro atoms. The van der Waals surface area contributed by atoms with Gasteiger partial charge >= 0.3 is 0 Å². The molecule has 4 nitrogen and oxygen atoms in total. The fourth-order valence-electron chi connectivity index (χ4n) is 2.16. The monoisotopic (exact) mass is 306 g/mol. The summed E-state index contributed by atoms with van der Waals surface area (Å²) < 4.78 is 5.03. The van der Waals surface area contributed by atoms with Crippen LogP contribution in [0.15, 0.2) is 36.4 Å². The highest BCUT2D eigenvalue weighted by atomic mass is 35.5. The van der Waals surface area contributed by atoms with Crippen molar-refractivity contribution in [2.45, 2.75) is 6.54 Å². The molecule has 0 aliphatic heterocycles. The molecule has 0 saturated heterocycles. The Balaban J connectivity index is 2.17. The normalized spacial score (nSPS) is 10.3. The second-order valence-corrected chi connectivity index (χ2v) is 5.30. The van der Waals surface area contributed by atoms with Crippen molar-refractivity contribution in [2.75, 3.05) is 31.4 Å². The number of rotatable bonds is 5. The maximum absolute atomic E-state index is 9.79. The number of phenolic OH excluding ortho intramolecular Hbond substituents is 1. The number of methoxy groups -OCH3 is 1. The second-order valence-electron chi connectivity index (χ2n) is 4.89. The van der Waals surface area contributed by atoms with E-state index in [1.54, 1.807) is 12.1 Å². The van der Waals surface area contributed by atoms with Crippen LogP contribution < -0.4 is 15.0 Å². The molecule has 0 aliphatic rings. The number of anilines is 2. The van der Waals surface area contributed by atoms with Crippen molar-refractivity contribution in [3.8, 4) is 11.5 Å². The molecule has 21 heavy (non-hydrogen) atoms. The molecule has 2 rings (SSSR count). The minimum absolute atomic E-state index is 0.135. The largest absolute Gasteiger partial charge is 0.504 e. The Bertz CT molecular complexity index is 630. The van der Waals surface area contributed by atoms with Crippen LogP contribution in [0.5, 0.6) is 11.5 Å². The van der Waals surface area contributed by atoms with E-state index < -0.39 is 0 Å². The fraction of sp³-hybridized carbons (Fsp3) is 0.250. The van der Waals surface area contributed by atoms with E-state index in [0.717, 1.165) is 16.9 Å². The lowest BCUT2D eigenvalue weighted by Gasteiger charge is -2.20. The molecule has 2 aromatic carbocycles. The first kappa shape index (κ1) is 15.3. The zero-order valence-corrected chi connectivity index (χ0v) is 13.1. The van der Waals surface area contributed by atoms with Crippen molar-refractivity contribution in [1.29, 1.82) is 0 Å². The number of nitrogens with one attached hydrogen (secondary N) is 1. The van der Waals surface area contributed by atoms with Crippen molar-refractivity contribution in [2.24, 2.45) is 0 Å². The van der Waals surface area contributed by atoms with Gasteiger partial charge in [0, 0.05) is 20.6 Å². The summed E-state index contributed by atoms with van der Waals surface area (Å²) in [6, 6.07) is 11.1. The Kier molecular flexibility index (Phi) is 4.81. The maximum atomic E-state index is 9.79. The third-order valence-corrected chi connectivity index (χ3v) is 3.47. The van der Waals surface area contributed by atoms with Crippen LogP contribution in [0.2, 0.25) is 5.02 Å². The molecule has 0 atom stereocenters. The molecule has 0 radical (unpaired) electrons. The molecule has 2 aromatic rings. The molecule has 0 aromatic heterocycles. The van der Waals surface area contributed by atoms with E-state index in [9.17, 15) is 5.11 Å². The minimum Gasteiger partial charge on any atom is -0.504 e. The molecule has 0 aliphatic carbocycles. The van der Waals surface area contributed by atoms with Gasteiger partial charge in [0.2, 0.25) is 0 Å². The van der Waals surface area contributed by atoms with Crippen molar-refractivity contribution in [3.05, 3.63) is 47.0 Å². The smallest absolute Gasteiger partial charge is 0.160 e. The zero-order valence-electron chi connectivity index (χ0n) is 12.4. The first-order chi connectivity index (χ1) is 10.0. The van der Waals surface area contributed by atoms with Crippen LogP contribution in [-0.4, -0.2) is 26.3 Å². The van der Waals surface area contributed by atoms with Crippen molar-refractivity contribution in [3.63, 3.8) is 0 Å². The molecule has 0 amide bonds. The van der Waals surface area contributed by atoms with E-state index in [1.165, 1.54) is 7.11 Å². The molecule has 0 unspecified atom stereocenters. The number of nitrogens with zero attached hydrogens (tertiary/aromatic N) is 1. The predicted molar refractivity (Wildman–Crippen MR) is 87.8 cm³/mol. The summed E-state index contributed by atoms with van der Waals surface area (Å²) in [5, 5.41) is 13.8. The molecular formula is C16H19ClN2O2. The summed E-state index contributed by atoms with van der Waals surface area (Å²) in [7, 11) is 5.43. The number of hydrogen-bond donors (Lipinski definition) is 2. The van der Waals surface area contributed by atoms with Gasteiger partial charge in [-0.05, 0) is 29.8 Å². The van der Waals surface area contributed by atoms with Gasteiger partial charge in [-0.1, -0.05) is 23.7 Å². The van der Waals surface area contributed by atoms with Gasteiger partial charge in [-0.2, -0.15) is 0 Å². The molecule has 112 valence electrons. The Morgan fingerprint density at radius 2 is 2.00 bits per heavy atom. The van der Waals surface area contributed by atoms with Crippen LogP contribution >= 0.6 is 11.6 Å². The summed E-state index contributed by atoms with van der Waals surface area (Å²) >= 11 is 6.23. The SMILES string of the molecule is COc1ccc(CNc2cccc(Cl)c2N(C)C)cc1O. The lowest BCUT2D eigenvalue weighted by molar-refractivity contribution is 0.373. The topological polar surface area (TPSA) is 44.7 Å². The highest BCUT2D eigenvalue weighted by Gasteiger charge is 2.09. The van der Waals surface area contributed by atoms with Gasteiger partial charge in [0.05, 0.1) is 23.5 Å². The van der Waals surface area contributed by atoms with Gasteiger partial charge in [-0.25, -0.2) is 0 Å². The average molecular weight is 307 g/mol. The minimum atomic E-state index is 0.135. The van der Waals surface area contributed by atoms with Crippen molar-refractivity contribution >= 4 is 23.0 Å². The first-order valence-electron chi connectivity index (χ1n) is 6.58. The summed E-state index contributed by atoms with van der Waals surface area (Å²) in [6.07, 6.45) is 0. The first-order valence-corrected chi connectivity index (χ1v) is 6.96. The number of ether oxygens (including phenoxy) is 1. The van der Waals surface area contributed by atoms with E-state index in [0.29, 0.717) is 17.3 Å². The number of hydrogen-bond acceptors (Lipinski definition) is 4. The summed E-state index contributed by atoms with van der Waals surface area (Å²) in [6.45, 7) is 0.582. The molecule has 0 heterocycles. The van der Waals surface area contributed by atoms with E-state index in [1.807, 2.05) is 43.3 Å². The Morgan fingerprint density at radius 3 is 2.62 bits per heavy atom. The highest BCUT2D eigenvalue weighted by molar-refractivity contribution is 6.34. The van der Waals surface area contributed by atoms with E-state index in [2.05, 4.69) is 5.32 Å². The average Bonchev–Trinajstić information content (AvgIpc) is 2.44. The van der Waals surface area contributed by atoms with Crippen molar-refractivity contribution < 1.29 is 9.84 Å². The number of phenols is 1. The Morgan fingerprint density at radius 1 is 1.24 bits per heavy atom. The highest BCUT2D eigenvalue weighted by Crippen LogP contribution is 2.33. The molecule has 2 N–H and O–H groups in total. The quantitative estimate of drug-likeness (QED) is 0.883. The lowest BCUT2D eigenvalue weighted by Crippen LogP contribution is -2.12. The summed E-state index contributed by atoms with van der Waals surface area (Å²) in [5.41, 5.74) is 2.85. The van der Waals surface area contributed by atoms with Crippen LogP contribution in [0, 0.1) is 0 Å². The van der Waals surface area contributed by atoms with E-state index in [-0.39, 0.29) is 5.75 Å². The van der Waals surface area contributed by atoms with E-state index >= 15 is 0 Å². The van der Waals surface area contributed by atoms with Crippen LogP contribution in [0.1, 0.15) is 5.56 Å². The van der Waals surface area contributed by atoms with Gasteiger partial charge in [-0.15, -0.1) is 0 Å². The molecule has 0 saturated carbocycles. The van der Waals surface area contributed by atoms with Crippen LogP contribution in [0.25, 0.3) is 0 Å². The van der Waals surface area contributed by atoms with Crippen LogP contribution in [-0.2, 0) is 6.54 Å². The van der Waals surface area contributed by atoms with Gasteiger partial charge in [-0.3, -0.25) is 0 Å². The van der Waals surface area contributed by atoms with Gasteiger partial charge in [0.25, 0.3) is 0 Å². The van der Waals surface area contributed by atoms with Gasteiger partial charge < -0.3 is 20.1 Å². The molecule has 5 heteroatoms. The van der Waals surface area contributed by atoms with Gasteiger partial charge in [0.15, 0.2) is 11.5 Å². The number of benzene rings is 2. The van der Waals surface area contributed by atoms with Crippen LogP contribution in [0.4, 0.5) is 11.4 Å². The number of aromatic hydroxyl groups is 1. The standard InChI is InChI=1S/C16H19ClN2O2/c1-19(2)16-12(17)5-4-6-13(16)18-10-11-7-8-15(21-3)14(20)9-11/h4-9,18,20H,10H2,1-3H3. The zero-order chi connectivity index (χ0) is 15.4.